The van der Waals surface area contributed by atoms with Gasteiger partial charge in [0.15, 0.2) is 0 Å². The van der Waals surface area contributed by atoms with Gasteiger partial charge in [-0.25, -0.2) is 4.79 Å². The highest BCUT2D eigenvalue weighted by Gasteiger charge is 2.17. The lowest BCUT2D eigenvalue weighted by Gasteiger charge is -2.19. The minimum Gasteiger partial charge on any atom is -0.444 e. The van der Waals surface area contributed by atoms with Crippen LogP contribution in [0.2, 0.25) is 0 Å². The Labute approximate surface area is 111 Å². The van der Waals surface area contributed by atoms with Crippen LogP contribution in [0.25, 0.3) is 0 Å². The van der Waals surface area contributed by atoms with Crippen LogP contribution in [0.15, 0.2) is 23.1 Å². The quantitative estimate of drug-likeness (QED) is 0.887. The summed E-state index contributed by atoms with van der Waals surface area (Å²) >= 11 is 0. The van der Waals surface area contributed by atoms with Gasteiger partial charge in [0.1, 0.15) is 17.3 Å². The lowest BCUT2D eigenvalue weighted by molar-refractivity contribution is 0.0635. The summed E-state index contributed by atoms with van der Waals surface area (Å²) in [6.07, 6.45) is 0.795. The van der Waals surface area contributed by atoms with Gasteiger partial charge in [-0.3, -0.25) is 14.7 Å². The van der Waals surface area contributed by atoms with Crippen molar-refractivity contribution in [3.05, 3.63) is 28.7 Å². The first kappa shape index (κ1) is 14.8. The zero-order valence-electron chi connectivity index (χ0n) is 11.4. The average molecular weight is 263 g/mol. The molecule has 0 radical (unpaired) electrons. The summed E-state index contributed by atoms with van der Waals surface area (Å²) in [4.78, 5) is 23.6. The number of aromatic nitrogens is 1. The number of nitriles is 1. The molecular weight excluding hydrogens is 246 g/mol. The first-order valence-corrected chi connectivity index (χ1v) is 5.85. The topological polar surface area (TPSA) is 84.1 Å². The molecular formula is C13H17N3O3. The molecule has 1 heterocycles. The number of hydrogen-bond acceptors (Lipinski definition) is 4. The van der Waals surface area contributed by atoms with Crippen LogP contribution in [-0.2, 0) is 4.74 Å². The van der Waals surface area contributed by atoms with E-state index in [1.54, 1.807) is 33.8 Å². The monoisotopic (exact) mass is 263 g/mol. The maximum Gasteiger partial charge on any atom is 0.412 e. The van der Waals surface area contributed by atoms with Crippen LogP contribution in [0.5, 0.6) is 0 Å². The second-order valence-corrected chi connectivity index (χ2v) is 5.07. The number of nitrogens with zero attached hydrogens (tertiary/aromatic N) is 2. The van der Waals surface area contributed by atoms with E-state index in [4.69, 9.17) is 10.00 Å². The molecule has 0 bridgehead atoms. The van der Waals surface area contributed by atoms with Crippen molar-refractivity contribution < 1.29 is 9.53 Å². The Kier molecular flexibility index (Phi) is 4.33. The molecule has 6 nitrogen and oxygen atoms in total. The van der Waals surface area contributed by atoms with E-state index in [0.29, 0.717) is 0 Å². The normalized spacial score (nSPS) is 12.4. The molecule has 0 aliphatic rings. The molecule has 1 rings (SSSR count). The molecule has 0 saturated carbocycles. The molecule has 1 atom stereocenters. The number of hydrogen-bond donors (Lipinski definition) is 1. The predicted molar refractivity (Wildman–Crippen MR) is 70.9 cm³/mol. The zero-order valence-corrected chi connectivity index (χ0v) is 11.4. The first-order valence-electron chi connectivity index (χ1n) is 5.85. The molecule has 6 heteroatoms. The lowest BCUT2D eigenvalue weighted by atomic mass is 10.2. The van der Waals surface area contributed by atoms with E-state index in [-0.39, 0.29) is 5.69 Å². The summed E-state index contributed by atoms with van der Waals surface area (Å²) in [5.41, 5.74) is -1.00. The van der Waals surface area contributed by atoms with Gasteiger partial charge < -0.3 is 4.74 Å². The molecule has 0 saturated heterocycles. The fourth-order valence-electron chi connectivity index (χ4n) is 1.39. The van der Waals surface area contributed by atoms with Gasteiger partial charge in [-0.1, -0.05) is 0 Å². The van der Waals surface area contributed by atoms with E-state index >= 15 is 0 Å². The summed E-state index contributed by atoms with van der Waals surface area (Å²) < 4.78 is 6.30. The number of rotatable bonds is 2. The Hall–Kier alpha value is -2.29. The summed E-state index contributed by atoms with van der Waals surface area (Å²) in [6, 6.07) is 4.41. The highest BCUT2D eigenvalue weighted by Crippen LogP contribution is 2.10. The minimum atomic E-state index is -0.702. The van der Waals surface area contributed by atoms with E-state index < -0.39 is 23.3 Å². The van der Waals surface area contributed by atoms with Crippen molar-refractivity contribution in [2.75, 3.05) is 5.32 Å². The molecule has 1 aromatic rings. The maximum absolute atomic E-state index is 12.0. The van der Waals surface area contributed by atoms with E-state index in [1.807, 2.05) is 6.07 Å². The average Bonchev–Trinajstić information content (AvgIpc) is 2.28. The maximum atomic E-state index is 12.0. The Bertz CT molecular complexity index is 564. The van der Waals surface area contributed by atoms with E-state index in [0.717, 1.165) is 0 Å². The van der Waals surface area contributed by atoms with Gasteiger partial charge in [-0.05, 0) is 39.8 Å². The van der Waals surface area contributed by atoms with Crippen LogP contribution in [-0.4, -0.2) is 16.3 Å². The molecule has 0 spiro atoms. The summed E-state index contributed by atoms with van der Waals surface area (Å²) in [5.74, 6) is 0. The summed E-state index contributed by atoms with van der Waals surface area (Å²) in [5, 5.41) is 11.2. The highest BCUT2D eigenvalue weighted by atomic mass is 16.6. The number of anilines is 1. The van der Waals surface area contributed by atoms with Gasteiger partial charge >= 0.3 is 6.09 Å². The molecule has 102 valence electrons. The number of carbonyl (C=O) groups excluding carboxylic acids is 1. The fourth-order valence-corrected chi connectivity index (χ4v) is 1.39. The van der Waals surface area contributed by atoms with E-state index in [9.17, 15) is 9.59 Å². The Morgan fingerprint density at radius 1 is 1.53 bits per heavy atom. The molecule has 0 aliphatic carbocycles. The van der Waals surface area contributed by atoms with Crippen molar-refractivity contribution in [2.45, 2.75) is 39.3 Å². The summed E-state index contributed by atoms with van der Waals surface area (Å²) in [7, 11) is 0. The summed E-state index contributed by atoms with van der Waals surface area (Å²) in [6.45, 7) is 6.79. The number of carbonyl (C=O) groups is 1. The van der Waals surface area contributed by atoms with Gasteiger partial charge in [0, 0.05) is 6.20 Å². The van der Waals surface area contributed by atoms with Crippen molar-refractivity contribution in [1.82, 2.24) is 4.57 Å². The van der Waals surface area contributed by atoms with Crippen LogP contribution in [0.3, 0.4) is 0 Å². The third-order valence-corrected chi connectivity index (χ3v) is 2.21. The molecule has 1 amide bonds. The standard InChI is InChI=1S/C13H17N3O3/c1-9(8-14)16-7-5-6-10(11(16)17)15-12(18)19-13(2,3)4/h5-7,9H,1-4H3,(H,15,18). The second kappa shape index (κ2) is 5.57. The second-order valence-electron chi connectivity index (χ2n) is 5.07. The molecule has 19 heavy (non-hydrogen) atoms. The molecule has 1 unspecified atom stereocenters. The minimum absolute atomic E-state index is 0.0823. The number of amides is 1. The van der Waals surface area contributed by atoms with E-state index in [1.165, 1.54) is 16.8 Å². The van der Waals surface area contributed by atoms with Crippen molar-refractivity contribution in [3.8, 4) is 6.07 Å². The van der Waals surface area contributed by atoms with E-state index in [2.05, 4.69) is 5.32 Å². The molecule has 0 aromatic carbocycles. The van der Waals surface area contributed by atoms with Crippen LogP contribution >= 0.6 is 0 Å². The predicted octanol–water partition coefficient (Wildman–Crippen LogP) is 2.28. The van der Waals surface area contributed by atoms with Crippen molar-refractivity contribution in [1.29, 1.82) is 5.26 Å². The van der Waals surface area contributed by atoms with Crippen molar-refractivity contribution >= 4 is 11.8 Å². The molecule has 0 fully saturated rings. The Morgan fingerprint density at radius 2 is 2.16 bits per heavy atom. The number of ether oxygens (including phenoxy) is 1. The zero-order chi connectivity index (χ0) is 14.6. The fraction of sp³-hybridized carbons (Fsp3) is 0.462. The third kappa shape index (κ3) is 4.14. The van der Waals surface area contributed by atoms with Crippen LogP contribution in [0.1, 0.15) is 33.7 Å². The van der Waals surface area contributed by atoms with Crippen molar-refractivity contribution in [3.63, 3.8) is 0 Å². The van der Waals surface area contributed by atoms with Crippen LogP contribution in [0, 0.1) is 11.3 Å². The molecule has 1 aromatic heterocycles. The lowest BCUT2D eigenvalue weighted by Crippen LogP contribution is -2.31. The number of pyridine rings is 1. The van der Waals surface area contributed by atoms with Gasteiger partial charge in [-0.15, -0.1) is 0 Å². The van der Waals surface area contributed by atoms with Crippen molar-refractivity contribution in [2.24, 2.45) is 0 Å². The van der Waals surface area contributed by atoms with Gasteiger partial charge in [-0.2, -0.15) is 5.26 Å². The highest BCUT2D eigenvalue weighted by molar-refractivity contribution is 5.84. The van der Waals surface area contributed by atoms with Gasteiger partial charge in [0.2, 0.25) is 0 Å². The van der Waals surface area contributed by atoms with Crippen LogP contribution < -0.4 is 10.9 Å². The Balaban J connectivity index is 2.95. The largest absolute Gasteiger partial charge is 0.444 e. The molecule has 0 aliphatic heterocycles. The Morgan fingerprint density at radius 3 is 2.68 bits per heavy atom. The van der Waals surface area contributed by atoms with Gasteiger partial charge in [0.05, 0.1) is 6.07 Å². The molecule has 1 N–H and O–H groups in total. The SMILES string of the molecule is CC(C#N)n1cccc(NC(=O)OC(C)(C)C)c1=O. The van der Waals surface area contributed by atoms with Gasteiger partial charge in [0.25, 0.3) is 5.56 Å². The first-order chi connectivity index (χ1) is 8.74. The third-order valence-electron chi connectivity index (χ3n) is 2.21. The van der Waals surface area contributed by atoms with Crippen LogP contribution in [0.4, 0.5) is 10.5 Å². The smallest absolute Gasteiger partial charge is 0.412 e. The number of nitrogens with one attached hydrogen (secondary N) is 1.